The first-order valence-electron chi connectivity index (χ1n) is 16.2. The number of likely N-dealkylation sites (N-methyl/N-ethyl adjacent to an activating group) is 2. The maximum atomic E-state index is 13.8. The zero-order chi connectivity index (χ0) is 37.8. The molecular formula is C36H34F2N10O5. The van der Waals surface area contributed by atoms with E-state index in [2.05, 4.69) is 29.9 Å². The summed E-state index contributed by atoms with van der Waals surface area (Å²) in [6.07, 6.45) is 3.07. The van der Waals surface area contributed by atoms with Crippen LogP contribution in [0.3, 0.4) is 0 Å². The van der Waals surface area contributed by atoms with Gasteiger partial charge in [0.25, 0.3) is 11.1 Å². The van der Waals surface area contributed by atoms with Crippen molar-refractivity contribution in [2.45, 2.75) is 0 Å². The maximum absolute atomic E-state index is 13.8. The van der Waals surface area contributed by atoms with Gasteiger partial charge < -0.3 is 19.5 Å². The minimum Gasteiger partial charge on any atom is -0.394 e. The number of rotatable bonds is 7. The van der Waals surface area contributed by atoms with Crippen LogP contribution in [0.5, 0.6) is 0 Å². The Morgan fingerprint density at radius 2 is 1.23 bits per heavy atom. The highest BCUT2D eigenvalue weighted by Gasteiger charge is 2.32. The Hall–Kier alpha value is -6.14. The normalized spacial score (nSPS) is 13.0. The third kappa shape index (κ3) is 7.44. The lowest BCUT2D eigenvalue weighted by molar-refractivity contribution is 0.103. The third-order valence-corrected chi connectivity index (χ3v) is 8.04. The van der Waals surface area contributed by atoms with E-state index in [1.54, 1.807) is 36.5 Å². The smallest absolute Gasteiger partial charge is 0.267 e. The van der Waals surface area contributed by atoms with Crippen LogP contribution >= 0.6 is 0 Å². The van der Waals surface area contributed by atoms with Crippen molar-refractivity contribution in [3.8, 4) is 11.4 Å². The highest BCUT2D eigenvalue weighted by Crippen LogP contribution is 2.28. The molecule has 272 valence electrons. The van der Waals surface area contributed by atoms with E-state index in [9.17, 15) is 23.2 Å². The predicted molar refractivity (Wildman–Crippen MR) is 192 cm³/mol. The van der Waals surface area contributed by atoms with Gasteiger partial charge in [0, 0.05) is 31.0 Å². The van der Waals surface area contributed by atoms with Gasteiger partial charge in [-0.3, -0.25) is 23.5 Å². The van der Waals surface area contributed by atoms with Gasteiger partial charge in [-0.2, -0.15) is 0 Å². The van der Waals surface area contributed by atoms with Gasteiger partial charge in [-0.25, -0.2) is 34.6 Å². The Balaban J connectivity index is 0.000000158. The Morgan fingerprint density at radius 1 is 0.717 bits per heavy atom. The molecule has 0 spiro atoms. The Kier molecular flexibility index (Phi) is 10.8. The number of nitrogens with two attached hydrogens (primary N) is 1. The molecule has 0 unspecified atom stereocenters. The summed E-state index contributed by atoms with van der Waals surface area (Å²) in [6.45, 7) is 2.52. The van der Waals surface area contributed by atoms with Gasteiger partial charge >= 0.3 is 0 Å². The summed E-state index contributed by atoms with van der Waals surface area (Å²) in [6, 6.07) is 14.5. The van der Waals surface area contributed by atoms with Crippen LogP contribution in [0.1, 0.15) is 27.6 Å². The second-order valence-corrected chi connectivity index (χ2v) is 12.3. The van der Waals surface area contributed by atoms with Crippen molar-refractivity contribution in [2.24, 2.45) is 11.1 Å². The van der Waals surface area contributed by atoms with Crippen LogP contribution in [0.2, 0.25) is 0 Å². The van der Waals surface area contributed by atoms with E-state index in [0.717, 1.165) is 12.6 Å². The quantitative estimate of drug-likeness (QED) is 0.188. The van der Waals surface area contributed by atoms with E-state index < -0.39 is 17.4 Å². The second-order valence-electron chi connectivity index (χ2n) is 12.3. The van der Waals surface area contributed by atoms with Crippen molar-refractivity contribution >= 4 is 33.6 Å². The predicted octanol–water partition coefficient (Wildman–Crippen LogP) is 2.47. The number of hydrogen-bond donors (Lipinski definition) is 1. The van der Waals surface area contributed by atoms with Crippen LogP contribution < -0.4 is 17.0 Å². The topological polar surface area (TPSA) is 176 Å². The van der Waals surface area contributed by atoms with Crippen LogP contribution in [0.25, 0.3) is 33.4 Å². The number of benzene rings is 2. The molecule has 0 atom stereocenters. The van der Waals surface area contributed by atoms with Gasteiger partial charge in [0.1, 0.15) is 18.2 Å². The molecule has 0 bridgehead atoms. The van der Waals surface area contributed by atoms with E-state index in [-0.39, 0.29) is 28.2 Å². The Labute approximate surface area is 300 Å². The molecule has 0 saturated carbocycles. The first kappa shape index (κ1) is 36.6. The lowest BCUT2D eigenvalue weighted by atomic mass is 10.1. The molecule has 15 nitrogen and oxygen atoms in total. The van der Waals surface area contributed by atoms with Crippen molar-refractivity contribution in [1.82, 2.24) is 38.9 Å². The van der Waals surface area contributed by atoms with E-state index >= 15 is 0 Å². The van der Waals surface area contributed by atoms with E-state index in [0.29, 0.717) is 64.7 Å². The monoisotopic (exact) mass is 724 g/mol. The van der Waals surface area contributed by atoms with Gasteiger partial charge in [0.2, 0.25) is 5.78 Å². The standard InChI is InChI=1S/C18H16FN5O2.C14H6FN3O2.C4H12N2O/c1-23(2)8-9-26-22-15-13-10-11(19)5-6-14(13)24-17(15)21-16-12(18(24)25)4-3-7-20-16;15-7-3-4-10-9(6-7)11(19)13-17-12-8(2-1-5-16-12)14(20)18(10)13;1-6(2)3-4-7-5/h3-7,10H,8-9H2,1-2H3;1-6H;3-5H2,1-2H3. The van der Waals surface area contributed by atoms with Crippen LogP contribution in [-0.4, -0.2) is 105 Å². The first-order valence-corrected chi connectivity index (χ1v) is 16.2. The van der Waals surface area contributed by atoms with Gasteiger partial charge in [0.05, 0.1) is 34.3 Å². The summed E-state index contributed by atoms with van der Waals surface area (Å²) in [5.41, 5.74) is 1.70. The number of carbonyl (C=O) groups is 1. The number of ketones is 1. The number of pyridine rings is 2. The molecule has 2 N–H and O–H groups in total. The van der Waals surface area contributed by atoms with Crippen molar-refractivity contribution < 1.29 is 23.3 Å². The first-order chi connectivity index (χ1) is 25.5. The Morgan fingerprint density at radius 3 is 1.77 bits per heavy atom. The van der Waals surface area contributed by atoms with Crippen molar-refractivity contribution in [1.29, 1.82) is 0 Å². The molecule has 0 amide bonds. The zero-order valence-electron chi connectivity index (χ0n) is 29.2. The number of oxime groups is 1. The lowest BCUT2D eigenvalue weighted by Gasteiger charge is -2.08. The summed E-state index contributed by atoms with van der Waals surface area (Å²) in [4.78, 5) is 68.0. The van der Waals surface area contributed by atoms with Crippen LogP contribution in [0.4, 0.5) is 8.78 Å². The lowest BCUT2D eigenvalue weighted by Crippen LogP contribution is -2.22. The van der Waals surface area contributed by atoms with E-state index in [1.807, 2.05) is 38.0 Å². The molecular weight excluding hydrogens is 690 g/mol. The van der Waals surface area contributed by atoms with Crippen molar-refractivity contribution in [3.05, 3.63) is 128 Å². The molecule has 4 aromatic heterocycles. The van der Waals surface area contributed by atoms with Crippen molar-refractivity contribution in [2.75, 3.05) is 54.5 Å². The SMILES string of the molecule is CN(C)CCON.CN(C)CCON=C1c2cc(F)ccc2-n2c1nc1ncccc1c2=O.O=C1c2cc(F)ccc2-n2c1nc1ncccc1c2=O. The van der Waals surface area contributed by atoms with E-state index in [4.69, 9.17) is 10.7 Å². The highest BCUT2D eigenvalue weighted by molar-refractivity contribution is 6.16. The maximum Gasteiger partial charge on any atom is 0.267 e. The van der Waals surface area contributed by atoms with Gasteiger partial charge in [-0.05, 0) is 88.9 Å². The fraction of sp³-hybridized carbons (Fsp3) is 0.222. The van der Waals surface area contributed by atoms with E-state index in [1.165, 1.54) is 39.6 Å². The van der Waals surface area contributed by atoms with Crippen LogP contribution in [-0.2, 0) is 9.68 Å². The van der Waals surface area contributed by atoms with Crippen LogP contribution in [0, 0.1) is 11.6 Å². The van der Waals surface area contributed by atoms with Crippen molar-refractivity contribution in [3.63, 3.8) is 0 Å². The summed E-state index contributed by atoms with van der Waals surface area (Å²) in [7, 11) is 7.79. The minimum absolute atomic E-state index is 0.0261. The average Bonchev–Trinajstić information content (AvgIpc) is 3.60. The summed E-state index contributed by atoms with van der Waals surface area (Å²) in [5.74, 6) is 3.60. The number of hydrogen-bond acceptors (Lipinski definition) is 13. The molecule has 6 aromatic rings. The fourth-order valence-corrected chi connectivity index (χ4v) is 5.48. The molecule has 17 heteroatoms. The third-order valence-electron chi connectivity index (χ3n) is 8.04. The molecule has 2 aromatic carbocycles. The summed E-state index contributed by atoms with van der Waals surface area (Å²) < 4.78 is 29.7. The summed E-state index contributed by atoms with van der Waals surface area (Å²) >= 11 is 0. The van der Waals surface area contributed by atoms with Crippen LogP contribution in [0.15, 0.2) is 87.8 Å². The molecule has 2 aliphatic heterocycles. The van der Waals surface area contributed by atoms with Gasteiger partial charge in [-0.15, -0.1) is 0 Å². The number of carbonyl (C=O) groups excluding carboxylic acids is 1. The number of fused-ring (bicyclic) bond motifs is 8. The number of halogens is 2. The molecule has 6 heterocycles. The molecule has 0 fully saturated rings. The van der Waals surface area contributed by atoms with Gasteiger partial charge in [-0.1, -0.05) is 5.16 Å². The largest absolute Gasteiger partial charge is 0.394 e. The number of nitrogens with zero attached hydrogens (tertiary/aromatic N) is 9. The molecule has 53 heavy (non-hydrogen) atoms. The molecule has 2 aliphatic rings. The minimum atomic E-state index is -0.527. The highest BCUT2D eigenvalue weighted by atomic mass is 19.1. The van der Waals surface area contributed by atoms with Gasteiger partial charge in [0.15, 0.2) is 28.7 Å². The average molecular weight is 725 g/mol. The number of aromatic nitrogens is 6. The Bertz CT molecular complexity index is 2500. The summed E-state index contributed by atoms with van der Waals surface area (Å²) in [5, 5.41) is 4.85. The molecule has 0 saturated heterocycles. The zero-order valence-corrected chi connectivity index (χ0v) is 29.2. The fourth-order valence-electron chi connectivity index (χ4n) is 5.48. The molecule has 0 aliphatic carbocycles. The molecule has 8 rings (SSSR count). The molecule has 0 radical (unpaired) electrons. The second kappa shape index (κ2) is 15.6.